The van der Waals surface area contributed by atoms with Gasteiger partial charge in [0.1, 0.15) is 12.3 Å². The molecule has 0 amide bonds. The van der Waals surface area contributed by atoms with Crippen molar-refractivity contribution in [1.82, 2.24) is 4.90 Å². The van der Waals surface area contributed by atoms with Crippen molar-refractivity contribution in [2.75, 3.05) is 6.54 Å². The van der Waals surface area contributed by atoms with Gasteiger partial charge in [-0.3, -0.25) is 4.90 Å². The van der Waals surface area contributed by atoms with E-state index >= 15 is 0 Å². The van der Waals surface area contributed by atoms with Gasteiger partial charge < -0.3 is 4.74 Å². The van der Waals surface area contributed by atoms with Gasteiger partial charge in [-0.2, -0.15) is 13.2 Å². The molecule has 162 valence electrons. The van der Waals surface area contributed by atoms with E-state index in [2.05, 4.69) is 4.90 Å². The molecule has 1 fully saturated rings. The van der Waals surface area contributed by atoms with E-state index < -0.39 is 17.8 Å². The molecule has 2 atom stereocenters. The summed E-state index contributed by atoms with van der Waals surface area (Å²) in [6, 6.07) is 22.5. The van der Waals surface area contributed by atoms with Crippen molar-refractivity contribution >= 4 is 11.6 Å². The SMILES string of the molecule is FC(F)(F)c1ccccc1[C@@H](OC1CCCN1Cc1ccccc1)c1ccc(Cl)cc1. The van der Waals surface area contributed by atoms with Crippen LogP contribution in [0, 0.1) is 0 Å². The number of rotatable bonds is 6. The van der Waals surface area contributed by atoms with Crippen LogP contribution in [0.2, 0.25) is 5.02 Å². The maximum Gasteiger partial charge on any atom is 0.416 e. The predicted molar refractivity (Wildman–Crippen MR) is 116 cm³/mol. The van der Waals surface area contributed by atoms with Crippen LogP contribution < -0.4 is 0 Å². The zero-order chi connectivity index (χ0) is 21.8. The first kappa shape index (κ1) is 21.9. The van der Waals surface area contributed by atoms with E-state index in [-0.39, 0.29) is 11.8 Å². The van der Waals surface area contributed by atoms with Gasteiger partial charge in [0.25, 0.3) is 0 Å². The molecule has 0 bridgehead atoms. The molecule has 0 aromatic heterocycles. The van der Waals surface area contributed by atoms with E-state index in [9.17, 15) is 13.2 Å². The van der Waals surface area contributed by atoms with E-state index in [1.54, 1.807) is 30.3 Å². The van der Waals surface area contributed by atoms with Gasteiger partial charge in [0.2, 0.25) is 0 Å². The zero-order valence-corrected chi connectivity index (χ0v) is 17.6. The van der Waals surface area contributed by atoms with Crippen molar-refractivity contribution in [2.45, 2.75) is 37.9 Å². The van der Waals surface area contributed by atoms with E-state index in [0.29, 0.717) is 17.1 Å². The van der Waals surface area contributed by atoms with Gasteiger partial charge in [-0.05, 0) is 47.7 Å². The fourth-order valence-electron chi connectivity index (χ4n) is 4.06. The standard InChI is InChI=1S/C25H23ClF3NO/c26-20-14-12-19(13-15-20)24(21-9-4-5-10-22(21)25(27,28)29)31-23-11-6-16-30(23)17-18-7-2-1-3-8-18/h1-5,7-10,12-15,23-24H,6,11,16-17H2/t23?,24-/m0/s1. The second-order valence-electron chi connectivity index (χ2n) is 7.71. The van der Waals surface area contributed by atoms with Crippen LogP contribution in [0.5, 0.6) is 0 Å². The van der Waals surface area contributed by atoms with E-state index in [1.807, 2.05) is 30.3 Å². The summed E-state index contributed by atoms with van der Waals surface area (Å²) in [7, 11) is 0. The number of ether oxygens (including phenoxy) is 1. The molecule has 6 heteroatoms. The minimum Gasteiger partial charge on any atom is -0.350 e. The number of benzene rings is 3. The summed E-state index contributed by atoms with van der Waals surface area (Å²) in [6.45, 7) is 1.54. The molecule has 3 aromatic rings. The molecule has 0 saturated carbocycles. The number of hydrogen-bond acceptors (Lipinski definition) is 2. The minimum absolute atomic E-state index is 0.115. The van der Waals surface area contributed by atoms with Crippen LogP contribution in [0.15, 0.2) is 78.9 Å². The Hall–Kier alpha value is -2.34. The summed E-state index contributed by atoms with van der Waals surface area (Å²) in [5, 5.41) is 0.526. The highest BCUT2D eigenvalue weighted by molar-refractivity contribution is 6.30. The molecule has 1 aliphatic rings. The molecule has 0 spiro atoms. The highest BCUT2D eigenvalue weighted by Crippen LogP contribution is 2.40. The number of hydrogen-bond donors (Lipinski definition) is 0. The highest BCUT2D eigenvalue weighted by Gasteiger charge is 2.37. The van der Waals surface area contributed by atoms with E-state index in [1.165, 1.54) is 12.1 Å². The molecule has 1 saturated heterocycles. The van der Waals surface area contributed by atoms with Crippen molar-refractivity contribution in [2.24, 2.45) is 0 Å². The Morgan fingerprint density at radius 1 is 0.935 bits per heavy atom. The third-order valence-electron chi connectivity index (χ3n) is 5.55. The second kappa shape index (κ2) is 9.43. The topological polar surface area (TPSA) is 12.5 Å². The summed E-state index contributed by atoms with van der Waals surface area (Å²) >= 11 is 6.02. The van der Waals surface area contributed by atoms with Crippen LogP contribution >= 0.6 is 11.6 Å². The lowest BCUT2D eigenvalue weighted by atomic mass is 9.96. The average Bonchev–Trinajstić information content (AvgIpc) is 3.19. The minimum atomic E-state index is -4.47. The maximum absolute atomic E-state index is 13.8. The van der Waals surface area contributed by atoms with Crippen molar-refractivity contribution in [3.8, 4) is 0 Å². The summed E-state index contributed by atoms with van der Waals surface area (Å²) in [4.78, 5) is 2.19. The van der Waals surface area contributed by atoms with Gasteiger partial charge in [0, 0.05) is 18.1 Å². The van der Waals surface area contributed by atoms with Gasteiger partial charge in [-0.15, -0.1) is 0 Å². The van der Waals surface area contributed by atoms with Gasteiger partial charge in [0.15, 0.2) is 0 Å². The van der Waals surface area contributed by atoms with Gasteiger partial charge >= 0.3 is 6.18 Å². The third-order valence-corrected chi connectivity index (χ3v) is 5.80. The Morgan fingerprint density at radius 3 is 2.32 bits per heavy atom. The molecule has 1 unspecified atom stereocenters. The summed E-state index contributed by atoms with van der Waals surface area (Å²) < 4.78 is 47.8. The Morgan fingerprint density at radius 2 is 1.61 bits per heavy atom. The van der Waals surface area contributed by atoms with Crippen molar-refractivity contribution < 1.29 is 17.9 Å². The molecular formula is C25H23ClF3NO. The Labute approximate surface area is 185 Å². The maximum atomic E-state index is 13.8. The molecule has 1 heterocycles. The Kier molecular flexibility index (Phi) is 6.65. The quantitative estimate of drug-likeness (QED) is 0.401. The van der Waals surface area contributed by atoms with Crippen LogP contribution in [0.1, 0.15) is 41.2 Å². The van der Waals surface area contributed by atoms with Crippen LogP contribution in [0.3, 0.4) is 0 Å². The summed E-state index contributed by atoms with van der Waals surface area (Å²) in [6.07, 6.45) is -3.89. The van der Waals surface area contributed by atoms with Crippen LogP contribution in [-0.2, 0) is 17.5 Å². The number of nitrogens with zero attached hydrogens (tertiary/aromatic N) is 1. The number of likely N-dealkylation sites (tertiary alicyclic amines) is 1. The third kappa shape index (κ3) is 5.29. The van der Waals surface area contributed by atoms with Crippen LogP contribution in [0.4, 0.5) is 13.2 Å². The first-order valence-electron chi connectivity index (χ1n) is 10.3. The van der Waals surface area contributed by atoms with Crippen molar-refractivity contribution in [1.29, 1.82) is 0 Å². The van der Waals surface area contributed by atoms with Gasteiger partial charge in [0.05, 0.1) is 5.56 Å². The first-order chi connectivity index (χ1) is 14.9. The molecule has 0 N–H and O–H groups in total. The number of halogens is 4. The zero-order valence-electron chi connectivity index (χ0n) is 16.9. The van der Waals surface area contributed by atoms with E-state index in [4.69, 9.17) is 16.3 Å². The summed E-state index contributed by atoms with van der Waals surface area (Å²) in [5.41, 5.74) is 1.23. The largest absolute Gasteiger partial charge is 0.416 e. The lowest BCUT2D eigenvalue weighted by molar-refractivity contribution is -0.140. The fourth-order valence-corrected chi connectivity index (χ4v) is 4.18. The fraction of sp³-hybridized carbons (Fsp3) is 0.280. The molecule has 0 aliphatic carbocycles. The summed E-state index contributed by atoms with van der Waals surface area (Å²) in [5.74, 6) is 0. The Bertz CT molecular complexity index is 992. The average molecular weight is 446 g/mol. The molecule has 3 aromatic carbocycles. The highest BCUT2D eigenvalue weighted by atomic mass is 35.5. The van der Waals surface area contributed by atoms with Gasteiger partial charge in [-0.25, -0.2) is 0 Å². The molecule has 31 heavy (non-hydrogen) atoms. The second-order valence-corrected chi connectivity index (χ2v) is 8.14. The molecule has 0 radical (unpaired) electrons. The van der Waals surface area contributed by atoms with E-state index in [0.717, 1.165) is 31.0 Å². The molecular weight excluding hydrogens is 423 g/mol. The Balaban J connectivity index is 1.67. The lowest BCUT2D eigenvalue weighted by Gasteiger charge is -2.31. The van der Waals surface area contributed by atoms with Gasteiger partial charge in [-0.1, -0.05) is 72.3 Å². The molecule has 4 rings (SSSR count). The van der Waals surface area contributed by atoms with Crippen LogP contribution in [0.25, 0.3) is 0 Å². The van der Waals surface area contributed by atoms with Crippen molar-refractivity contribution in [3.05, 3.63) is 106 Å². The lowest BCUT2D eigenvalue weighted by Crippen LogP contribution is -2.33. The smallest absolute Gasteiger partial charge is 0.350 e. The molecule has 2 nitrogen and oxygen atoms in total. The van der Waals surface area contributed by atoms with Crippen molar-refractivity contribution in [3.63, 3.8) is 0 Å². The normalized spacial score (nSPS) is 18.3. The van der Waals surface area contributed by atoms with Crippen LogP contribution in [-0.4, -0.2) is 17.7 Å². The molecule has 1 aliphatic heterocycles. The number of alkyl halides is 3. The predicted octanol–water partition coefficient (Wildman–Crippen LogP) is 7.09. The monoisotopic (exact) mass is 445 g/mol. The first-order valence-corrected chi connectivity index (χ1v) is 10.6.